The molecule has 0 atom stereocenters. The highest BCUT2D eigenvalue weighted by atomic mass is 16.2. The van der Waals surface area contributed by atoms with Crippen LogP contribution in [-0.4, -0.2) is 48.4 Å². The highest BCUT2D eigenvalue weighted by Crippen LogP contribution is 2.26. The molecule has 1 fully saturated rings. The van der Waals surface area contributed by atoms with Crippen LogP contribution in [0.3, 0.4) is 0 Å². The Kier molecular flexibility index (Phi) is 4.30. The van der Waals surface area contributed by atoms with E-state index in [-0.39, 0.29) is 18.0 Å². The van der Waals surface area contributed by atoms with Crippen LogP contribution >= 0.6 is 0 Å². The number of likely N-dealkylation sites (tertiary alicyclic amines) is 1. The molecule has 1 saturated heterocycles. The maximum Gasteiger partial charge on any atom is 0.254 e. The van der Waals surface area contributed by atoms with E-state index in [0.717, 1.165) is 22.8 Å². The second-order valence-electron chi connectivity index (χ2n) is 7.44. The van der Waals surface area contributed by atoms with Gasteiger partial charge in [0.15, 0.2) is 5.82 Å². The van der Waals surface area contributed by atoms with E-state index < -0.39 is 0 Å². The van der Waals surface area contributed by atoms with Gasteiger partial charge in [-0.1, -0.05) is 12.1 Å². The van der Waals surface area contributed by atoms with Crippen molar-refractivity contribution in [2.45, 2.75) is 39.8 Å². The molecule has 1 aliphatic rings. The molecule has 7 nitrogen and oxygen atoms in total. The van der Waals surface area contributed by atoms with Crippen molar-refractivity contribution in [3.8, 4) is 11.4 Å². The van der Waals surface area contributed by atoms with Crippen LogP contribution in [0.2, 0.25) is 0 Å². The average Bonchev–Trinajstić information content (AvgIpc) is 3.20. The molecule has 0 radical (unpaired) electrons. The zero-order valence-corrected chi connectivity index (χ0v) is 16.1. The molecule has 1 aliphatic heterocycles. The van der Waals surface area contributed by atoms with Crippen molar-refractivity contribution in [2.24, 2.45) is 0 Å². The Labute approximate surface area is 158 Å². The van der Waals surface area contributed by atoms with Gasteiger partial charge in [-0.3, -0.25) is 9.48 Å². The number of carbonyl (C=O) groups excluding carboxylic acids is 1. The Bertz CT molecular complexity index is 980. The maximum atomic E-state index is 12.9. The maximum absolute atomic E-state index is 12.9. The fraction of sp³-hybridized carbons (Fsp3) is 0.400. The van der Waals surface area contributed by atoms with Crippen LogP contribution in [-0.2, 0) is 0 Å². The molecule has 0 bridgehead atoms. The summed E-state index contributed by atoms with van der Waals surface area (Å²) in [6, 6.07) is 10.2. The summed E-state index contributed by atoms with van der Waals surface area (Å²) in [5.74, 6) is 0.828. The number of nitrogens with zero attached hydrogens (tertiary/aromatic N) is 6. The number of benzene rings is 1. The topological polar surface area (TPSA) is 68.8 Å². The molecular formula is C20H24N6O. The zero-order chi connectivity index (χ0) is 19.1. The first-order valence-electron chi connectivity index (χ1n) is 9.26. The quantitative estimate of drug-likeness (QED) is 0.713. The number of aryl methyl sites for hydroxylation is 2. The lowest BCUT2D eigenvalue weighted by Crippen LogP contribution is -2.51. The molecule has 27 heavy (non-hydrogen) atoms. The van der Waals surface area contributed by atoms with Gasteiger partial charge in [0, 0.05) is 36.0 Å². The van der Waals surface area contributed by atoms with Crippen LogP contribution in [0.4, 0.5) is 0 Å². The standard InChI is InChI=1S/C20H24N6O/c1-13(2)25-19(21-12-22-25)16-6-5-7-17(9-16)20(27)24-10-18(11-24)26-15(4)8-14(3)23-26/h5-9,12-13,18H,10-11H2,1-4H3. The van der Waals surface area contributed by atoms with Crippen molar-refractivity contribution in [1.29, 1.82) is 0 Å². The van der Waals surface area contributed by atoms with Crippen molar-refractivity contribution in [3.05, 3.63) is 53.6 Å². The zero-order valence-electron chi connectivity index (χ0n) is 16.1. The first kappa shape index (κ1) is 17.5. The fourth-order valence-electron chi connectivity index (χ4n) is 3.60. The average molecular weight is 364 g/mol. The summed E-state index contributed by atoms with van der Waals surface area (Å²) >= 11 is 0. The predicted molar refractivity (Wildman–Crippen MR) is 102 cm³/mol. The van der Waals surface area contributed by atoms with Gasteiger partial charge in [-0.05, 0) is 45.9 Å². The Morgan fingerprint density at radius 3 is 2.63 bits per heavy atom. The fourth-order valence-corrected chi connectivity index (χ4v) is 3.60. The van der Waals surface area contributed by atoms with Crippen LogP contribution in [0.5, 0.6) is 0 Å². The van der Waals surface area contributed by atoms with E-state index in [4.69, 9.17) is 0 Å². The van der Waals surface area contributed by atoms with Gasteiger partial charge in [-0.2, -0.15) is 10.2 Å². The lowest BCUT2D eigenvalue weighted by atomic mass is 10.0. The van der Waals surface area contributed by atoms with Gasteiger partial charge in [0.25, 0.3) is 5.91 Å². The van der Waals surface area contributed by atoms with Crippen LogP contribution < -0.4 is 0 Å². The second kappa shape index (κ2) is 6.64. The third-order valence-corrected chi connectivity index (χ3v) is 4.97. The van der Waals surface area contributed by atoms with E-state index in [2.05, 4.69) is 42.0 Å². The monoisotopic (exact) mass is 364 g/mol. The third-order valence-electron chi connectivity index (χ3n) is 4.97. The number of hydrogen-bond donors (Lipinski definition) is 0. The van der Waals surface area contributed by atoms with Crippen LogP contribution in [0.1, 0.15) is 47.7 Å². The Morgan fingerprint density at radius 2 is 1.96 bits per heavy atom. The molecule has 0 spiro atoms. The van der Waals surface area contributed by atoms with Crippen LogP contribution in [0.15, 0.2) is 36.7 Å². The summed E-state index contributed by atoms with van der Waals surface area (Å²) < 4.78 is 3.90. The molecule has 0 saturated carbocycles. The lowest BCUT2D eigenvalue weighted by molar-refractivity contribution is 0.0497. The van der Waals surface area contributed by atoms with Gasteiger partial charge < -0.3 is 4.90 Å². The highest BCUT2D eigenvalue weighted by Gasteiger charge is 2.33. The van der Waals surface area contributed by atoms with Crippen molar-refractivity contribution < 1.29 is 4.79 Å². The Morgan fingerprint density at radius 1 is 1.19 bits per heavy atom. The predicted octanol–water partition coefficient (Wildman–Crippen LogP) is 3.04. The van der Waals surface area contributed by atoms with Crippen LogP contribution in [0.25, 0.3) is 11.4 Å². The summed E-state index contributed by atoms with van der Waals surface area (Å²) in [5.41, 5.74) is 3.74. The van der Waals surface area contributed by atoms with Gasteiger partial charge in [-0.25, -0.2) is 9.67 Å². The minimum absolute atomic E-state index is 0.0465. The van der Waals surface area contributed by atoms with E-state index in [1.165, 1.54) is 0 Å². The summed E-state index contributed by atoms with van der Waals surface area (Å²) in [4.78, 5) is 19.1. The SMILES string of the molecule is Cc1cc(C)n(C2CN(C(=O)c3cccc(-c4ncnn4C(C)C)c3)C2)n1. The highest BCUT2D eigenvalue weighted by molar-refractivity contribution is 5.95. The Hall–Kier alpha value is -2.96. The largest absolute Gasteiger partial charge is 0.334 e. The molecule has 0 aliphatic carbocycles. The van der Waals surface area contributed by atoms with Crippen LogP contribution in [0, 0.1) is 13.8 Å². The number of carbonyl (C=O) groups is 1. The third kappa shape index (κ3) is 3.13. The van der Waals surface area contributed by atoms with Gasteiger partial charge in [-0.15, -0.1) is 0 Å². The molecule has 0 unspecified atom stereocenters. The molecule has 2 aromatic heterocycles. The summed E-state index contributed by atoms with van der Waals surface area (Å²) in [7, 11) is 0. The minimum Gasteiger partial charge on any atom is -0.334 e. The first-order chi connectivity index (χ1) is 12.9. The van der Waals surface area contributed by atoms with E-state index in [0.29, 0.717) is 18.7 Å². The van der Waals surface area contributed by atoms with E-state index >= 15 is 0 Å². The summed E-state index contributed by atoms with van der Waals surface area (Å²) in [6.07, 6.45) is 1.55. The van der Waals surface area contributed by atoms with E-state index in [9.17, 15) is 4.79 Å². The smallest absolute Gasteiger partial charge is 0.254 e. The molecule has 1 amide bonds. The number of amides is 1. The number of aromatic nitrogens is 5. The van der Waals surface area contributed by atoms with Gasteiger partial charge >= 0.3 is 0 Å². The second-order valence-corrected chi connectivity index (χ2v) is 7.44. The van der Waals surface area contributed by atoms with Gasteiger partial charge in [0.05, 0.1) is 11.7 Å². The summed E-state index contributed by atoms with van der Waals surface area (Å²) in [5, 5.41) is 8.82. The normalized spacial score (nSPS) is 14.6. The number of rotatable bonds is 4. The van der Waals surface area contributed by atoms with Crippen molar-refractivity contribution >= 4 is 5.91 Å². The molecule has 7 heteroatoms. The molecular weight excluding hydrogens is 340 g/mol. The Balaban J connectivity index is 1.51. The summed E-state index contributed by atoms with van der Waals surface area (Å²) in [6.45, 7) is 9.55. The van der Waals surface area contributed by atoms with Gasteiger partial charge in [0.2, 0.25) is 0 Å². The van der Waals surface area contributed by atoms with Gasteiger partial charge in [0.1, 0.15) is 6.33 Å². The molecule has 3 aromatic rings. The molecule has 1 aromatic carbocycles. The minimum atomic E-state index is 0.0465. The molecule has 4 rings (SSSR count). The first-order valence-corrected chi connectivity index (χ1v) is 9.26. The van der Waals surface area contributed by atoms with Crippen molar-refractivity contribution in [1.82, 2.24) is 29.4 Å². The lowest BCUT2D eigenvalue weighted by Gasteiger charge is -2.39. The molecule has 0 N–H and O–H groups in total. The molecule has 3 heterocycles. The number of hydrogen-bond acceptors (Lipinski definition) is 4. The van der Waals surface area contributed by atoms with E-state index in [1.54, 1.807) is 6.33 Å². The van der Waals surface area contributed by atoms with Crippen molar-refractivity contribution in [2.75, 3.05) is 13.1 Å². The van der Waals surface area contributed by atoms with E-state index in [1.807, 2.05) is 45.5 Å². The molecule has 140 valence electrons. The van der Waals surface area contributed by atoms with Crippen molar-refractivity contribution in [3.63, 3.8) is 0 Å².